The third kappa shape index (κ3) is 2.54. The second kappa shape index (κ2) is 4.82. The largest absolute Gasteiger partial charge is 0.398 e. The Kier molecular flexibility index (Phi) is 3.39. The summed E-state index contributed by atoms with van der Waals surface area (Å²) in [6.07, 6.45) is 0. The van der Waals surface area contributed by atoms with Crippen LogP contribution in [0.15, 0.2) is 29.1 Å². The Morgan fingerprint density at radius 1 is 1.33 bits per heavy atom. The standard InChI is InChI=1S/C13H14ClN3O/c1-8-5-13(18)17(9(2)16-8)7-10-3-4-11(14)6-12(10)15/h3-6H,7,15H2,1-2H3. The highest BCUT2D eigenvalue weighted by Gasteiger charge is 2.06. The molecule has 0 atom stereocenters. The molecule has 2 N–H and O–H groups in total. The molecule has 0 fully saturated rings. The van der Waals surface area contributed by atoms with Crippen molar-refractivity contribution in [3.63, 3.8) is 0 Å². The van der Waals surface area contributed by atoms with E-state index in [0.29, 0.717) is 23.1 Å². The summed E-state index contributed by atoms with van der Waals surface area (Å²) < 4.78 is 1.59. The molecule has 0 aliphatic heterocycles. The van der Waals surface area contributed by atoms with Gasteiger partial charge in [0.2, 0.25) is 0 Å². The lowest BCUT2D eigenvalue weighted by atomic mass is 10.2. The van der Waals surface area contributed by atoms with Gasteiger partial charge in [-0.05, 0) is 31.5 Å². The highest BCUT2D eigenvalue weighted by molar-refractivity contribution is 6.30. The van der Waals surface area contributed by atoms with Gasteiger partial charge in [0.15, 0.2) is 0 Å². The lowest BCUT2D eigenvalue weighted by molar-refractivity contribution is 0.695. The van der Waals surface area contributed by atoms with Gasteiger partial charge in [-0.1, -0.05) is 17.7 Å². The van der Waals surface area contributed by atoms with Crippen LogP contribution in [0.5, 0.6) is 0 Å². The number of benzene rings is 1. The lowest BCUT2D eigenvalue weighted by Gasteiger charge is -2.11. The fourth-order valence-corrected chi connectivity index (χ4v) is 2.02. The van der Waals surface area contributed by atoms with Crippen molar-refractivity contribution >= 4 is 17.3 Å². The summed E-state index contributed by atoms with van der Waals surface area (Å²) in [6.45, 7) is 4.01. The normalized spacial score (nSPS) is 10.6. The van der Waals surface area contributed by atoms with E-state index in [2.05, 4.69) is 4.98 Å². The molecule has 0 aliphatic carbocycles. The summed E-state index contributed by atoms with van der Waals surface area (Å²) in [5.41, 5.74) is 7.96. The highest BCUT2D eigenvalue weighted by atomic mass is 35.5. The molecule has 1 heterocycles. The molecule has 1 aromatic carbocycles. The maximum atomic E-state index is 11.9. The summed E-state index contributed by atoms with van der Waals surface area (Å²) in [4.78, 5) is 16.2. The molecule has 0 saturated carbocycles. The zero-order chi connectivity index (χ0) is 13.3. The van der Waals surface area contributed by atoms with Crippen LogP contribution in [-0.2, 0) is 6.54 Å². The molecule has 0 spiro atoms. The molecule has 5 heteroatoms. The van der Waals surface area contributed by atoms with Gasteiger partial charge in [0.1, 0.15) is 5.82 Å². The van der Waals surface area contributed by atoms with Crippen molar-refractivity contribution in [2.45, 2.75) is 20.4 Å². The number of aromatic nitrogens is 2. The molecule has 0 saturated heterocycles. The van der Waals surface area contributed by atoms with Gasteiger partial charge in [-0.2, -0.15) is 0 Å². The number of nitrogen functional groups attached to an aromatic ring is 1. The average Bonchev–Trinajstić information content (AvgIpc) is 2.25. The van der Waals surface area contributed by atoms with Gasteiger partial charge in [-0.25, -0.2) is 4.98 Å². The summed E-state index contributed by atoms with van der Waals surface area (Å²) in [5.74, 6) is 0.675. The van der Waals surface area contributed by atoms with E-state index in [9.17, 15) is 4.79 Å². The van der Waals surface area contributed by atoms with Crippen LogP contribution in [0.4, 0.5) is 5.69 Å². The molecule has 18 heavy (non-hydrogen) atoms. The van der Waals surface area contributed by atoms with Crippen molar-refractivity contribution in [3.8, 4) is 0 Å². The van der Waals surface area contributed by atoms with Gasteiger partial charge in [0, 0.05) is 22.5 Å². The number of halogens is 1. The molecular formula is C13H14ClN3O. The van der Waals surface area contributed by atoms with E-state index in [0.717, 1.165) is 11.3 Å². The first-order valence-corrected chi connectivity index (χ1v) is 5.94. The number of nitrogens with two attached hydrogens (primary N) is 1. The quantitative estimate of drug-likeness (QED) is 0.845. The molecule has 0 aliphatic rings. The smallest absolute Gasteiger partial charge is 0.254 e. The predicted molar refractivity (Wildman–Crippen MR) is 72.9 cm³/mol. The van der Waals surface area contributed by atoms with Crippen LogP contribution >= 0.6 is 11.6 Å². The van der Waals surface area contributed by atoms with Gasteiger partial charge >= 0.3 is 0 Å². The van der Waals surface area contributed by atoms with E-state index in [1.54, 1.807) is 30.5 Å². The van der Waals surface area contributed by atoms with E-state index >= 15 is 0 Å². The number of hydrogen-bond acceptors (Lipinski definition) is 3. The predicted octanol–water partition coefficient (Wildman–Crippen LogP) is 2.14. The monoisotopic (exact) mass is 263 g/mol. The Bertz CT molecular complexity index is 649. The maximum Gasteiger partial charge on any atom is 0.254 e. The number of aryl methyl sites for hydroxylation is 2. The van der Waals surface area contributed by atoms with E-state index in [1.807, 2.05) is 6.07 Å². The van der Waals surface area contributed by atoms with Crippen molar-refractivity contribution in [2.24, 2.45) is 0 Å². The van der Waals surface area contributed by atoms with Crippen molar-refractivity contribution in [1.29, 1.82) is 0 Å². The molecule has 2 aromatic rings. The summed E-state index contributed by atoms with van der Waals surface area (Å²) in [5, 5.41) is 0.586. The fourth-order valence-electron chi connectivity index (χ4n) is 1.84. The molecule has 94 valence electrons. The Labute approximate surface area is 110 Å². The summed E-state index contributed by atoms with van der Waals surface area (Å²) >= 11 is 5.84. The van der Waals surface area contributed by atoms with Gasteiger partial charge in [0.05, 0.1) is 6.54 Å². The minimum atomic E-state index is -0.0747. The summed E-state index contributed by atoms with van der Waals surface area (Å²) in [6, 6.07) is 6.77. The number of rotatable bonds is 2. The van der Waals surface area contributed by atoms with Crippen LogP contribution < -0.4 is 11.3 Å². The molecule has 0 unspecified atom stereocenters. The van der Waals surface area contributed by atoms with Gasteiger partial charge in [-0.15, -0.1) is 0 Å². The van der Waals surface area contributed by atoms with Crippen LogP contribution in [-0.4, -0.2) is 9.55 Å². The van der Waals surface area contributed by atoms with Gasteiger partial charge < -0.3 is 5.73 Å². The van der Waals surface area contributed by atoms with Crippen LogP contribution in [0.2, 0.25) is 5.02 Å². The average molecular weight is 264 g/mol. The number of hydrogen-bond donors (Lipinski definition) is 1. The molecule has 0 bridgehead atoms. The van der Waals surface area contributed by atoms with E-state index in [-0.39, 0.29) is 5.56 Å². The lowest BCUT2D eigenvalue weighted by Crippen LogP contribution is -2.24. The second-order valence-electron chi connectivity index (χ2n) is 4.21. The highest BCUT2D eigenvalue weighted by Crippen LogP contribution is 2.18. The van der Waals surface area contributed by atoms with Crippen molar-refractivity contribution in [2.75, 3.05) is 5.73 Å². The van der Waals surface area contributed by atoms with Crippen molar-refractivity contribution < 1.29 is 0 Å². The minimum absolute atomic E-state index is 0.0747. The van der Waals surface area contributed by atoms with E-state index in [4.69, 9.17) is 17.3 Å². The van der Waals surface area contributed by atoms with Crippen molar-refractivity contribution in [1.82, 2.24) is 9.55 Å². The zero-order valence-corrected chi connectivity index (χ0v) is 11.0. The molecule has 0 amide bonds. The van der Waals surface area contributed by atoms with Crippen molar-refractivity contribution in [3.05, 3.63) is 56.7 Å². The Morgan fingerprint density at radius 3 is 2.67 bits per heavy atom. The Hall–Kier alpha value is -1.81. The first kappa shape index (κ1) is 12.6. The van der Waals surface area contributed by atoms with E-state index < -0.39 is 0 Å². The van der Waals surface area contributed by atoms with Crippen LogP contribution in [0.25, 0.3) is 0 Å². The summed E-state index contributed by atoms with van der Waals surface area (Å²) in [7, 11) is 0. The van der Waals surface area contributed by atoms with Crippen LogP contribution in [0.3, 0.4) is 0 Å². The molecule has 0 radical (unpaired) electrons. The first-order valence-electron chi connectivity index (χ1n) is 5.56. The number of nitrogens with zero attached hydrogens (tertiary/aromatic N) is 2. The third-order valence-corrected chi connectivity index (χ3v) is 3.00. The van der Waals surface area contributed by atoms with Gasteiger partial charge in [0.25, 0.3) is 5.56 Å². The molecular weight excluding hydrogens is 250 g/mol. The molecule has 1 aromatic heterocycles. The maximum absolute atomic E-state index is 11.9. The minimum Gasteiger partial charge on any atom is -0.398 e. The van der Waals surface area contributed by atoms with Crippen LogP contribution in [0, 0.1) is 13.8 Å². The van der Waals surface area contributed by atoms with Gasteiger partial charge in [-0.3, -0.25) is 9.36 Å². The number of anilines is 1. The Morgan fingerprint density at radius 2 is 2.06 bits per heavy atom. The zero-order valence-electron chi connectivity index (χ0n) is 10.3. The SMILES string of the molecule is Cc1cc(=O)n(Cc2ccc(Cl)cc2N)c(C)n1. The first-order chi connectivity index (χ1) is 8.47. The Balaban J connectivity index is 2.43. The fraction of sp³-hybridized carbons (Fsp3) is 0.231. The third-order valence-electron chi connectivity index (χ3n) is 2.76. The topological polar surface area (TPSA) is 60.9 Å². The molecule has 2 rings (SSSR count). The van der Waals surface area contributed by atoms with Crippen LogP contribution in [0.1, 0.15) is 17.1 Å². The second-order valence-corrected chi connectivity index (χ2v) is 4.65. The van der Waals surface area contributed by atoms with E-state index in [1.165, 1.54) is 6.07 Å². The molecule has 4 nitrogen and oxygen atoms in total.